The number of nitrogens with zero attached hydrogens (tertiary/aromatic N) is 1. The molecule has 0 amide bonds. The molecule has 50 valence electrons. The van der Waals surface area contributed by atoms with E-state index in [0.29, 0.717) is 12.2 Å². The normalized spacial score (nSPS) is 13.6. The maximum absolute atomic E-state index is 9.08. The van der Waals surface area contributed by atoms with Crippen LogP contribution in [0.4, 0.5) is 0 Å². The van der Waals surface area contributed by atoms with Crippen LogP contribution in [0, 0.1) is 0 Å². The second-order valence-corrected chi connectivity index (χ2v) is 1.83. The van der Waals surface area contributed by atoms with Gasteiger partial charge in [0.25, 0.3) is 0 Å². The molecule has 3 nitrogen and oxygen atoms in total. The third-order valence-electron chi connectivity index (χ3n) is 1.17. The molecule has 0 aliphatic rings. The first kappa shape index (κ1) is 6.29. The van der Waals surface area contributed by atoms with Gasteiger partial charge in [-0.05, 0) is 6.42 Å². The van der Waals surface area contributed by atoms with Crippen molar-refractivity contribution in [1.29, 1.82) is 0 Å². The Balaban J connectivity index is 2.65. The molecule has 0 aromatic carbocycles. The highest BCUT2D eigenvalue weighted by molar-refractivity contribution is 4.92. The number of rotatable bonds is 2. The number of hydrogen-bond acceptors (Lipinski definition) is 3. The summed E-state index contributed by atoms with van der Waals surface area (Å²) in [5.41, 5.74) is 0. The number of oxazole rings is 1. The van der Waals surface area contributed by atoms with E-state index >= 15 is 0 Å². The lowest BCUT2D eigenvalue weighted by Gasteiger charge is -1.99. The molecule has 0 saturated heterocycles. The van der Waals surface area contributed by atoms with Crippen molar-refractivity contribution in [2.45, 2.75) is 19.4 Å². The molecule has 0 aliphatic carbocycles. The quantitative estimate of drug-likeness (QED) is 0.647. The van der Waals surface area contributed by atoms with Crippen molar-refractivity contribution in [2.24, 2.45) is 0 Å². The summed E-state index contributed by atoms with van der Waals surface area (Å²) in [4.78, 5) is 3.66. The Labute approximate surface area is 53.3 Å². The van der Waals surface area contributed by atoms with Crippen LogP contribution in [-0.2, 0) is 0 Å². The molecule has 0 saturated carbocycles. The van der Waals surface area contributed by atoms with Crippen LogP contribution in [0.5, 0.6) is 0 Å². The van der Waals surface area contributed by atoms with E-state index in [1.54, 1.807) is 0 Å². The van der Waals surface area contributed by atoms with Gasteiger partial charge in [0.1, 0.15) is 6.10 Å². The predicted octanol–water partition coefficient (Wildman–Crippen LogP) is 1.12. The van der Waals surface area contributed by atoms with Gasteiger partial charge in [0.2, 0.25) is 0 Å². The van der Waals surface area contributed by atoms with Crippen molar-refractivity contribution in [1.82, 2.24) is 4.98 Å². The van der Waals surface area contributed by atoms with Crippen LogP contribution in [0.2, 0.25) is 0 Å². The lowest BCUT2D eigenvalue weighted by Crippen LogP contribution is -1.91. The summed E-state index contributed by atoms with van der Waals surface area (Å²) in [6, 6.07) is 0. The molecule has 9 heavy (non-hydrogen) atoms. The number of hydrogen-bond donors (Lipinski definition) is 1. The number of aliphatic hydroxyl groups is 1. The fourth-order valence-electron chi connectivity index (χ4n) is 0.591. The molecule has 1 heterocycles. The summed E-state index contributed by atoms with van der Waals surface area (Å²) >= 11 is 0. The summed E-state index contributed by atoms with van der Waals surface area (Å²) < 4.78 is 4.83. The molecule has 1 rings (SSSR count). The van der Waals surface area contributed by atoms with E-state index in [1.807, 2.05) is 6.92 Å². The van der Waals surface area contributed by atoms with Crippen molar-refractivity contribution in [2.75, 3.05) is 0 Å². The first-order valence-corrected chi connectivity index (χ1v) is 2.91. The van der Waals surface area contributed by atoms with Crippen LogP contribution in [0.1, 0.15) is 25.2 Å². The van der Waals surface area contributed by atoms with E-state index in [-0.39, 0.29) is 0 Å². The molecule has 1 atom stereocenters. The molecule has 1 N–H and O–H groups in total. The Morgan fingerprint density at radius 2 is 2.67 bits per heavy atom. The Morgan fingerprint density at radius 1 is 1.89 bits per heavy atom. The summed E-state index contributed by atoms with van der Waals surface area (Å²) in [5, 5.41) is 9.08. The molecule has 0 bridgehead atoms. The monoisotopic (exact) mass is 127 g/mol. The number of aliphatic hydroxyl groups excluding tert-OH is 1. The molecule has 0 unspecified atom stereocenters. The standard InChI is InChI=1S/C6H9NO2/c1-2-5(8)6-3-7-4-9-6/h3-5,8H,2H2,1H3/t5-/m1/s1. The maximum atomic E-state index is 9.08. The van der Waals surface area contributed by atoms with Crippen molar-refractivity contribution in [3.05, 3.63) is 18.4 Å². The van der Waals surface area contributed by atoms with Crippen molar-refractivity contribution < 1.29 is 9.52 Å². The van der Waals surface area contributed by atoms with Crippen molar-refractivity contribution >= 4 is 0 Å². The highest BCUT2D eigenvalue weighted by Gasteiger charge is 2.06. The molecule has 0 radical (unpaired) electrons. The number of aromatic nitrogens is 1. The second-order valence-electron chi connectivity index (χ2n) is 1.83. The highest BCUT2D eigenvalue weighted by Crippen LogP contribution is 2.13. The van der Waals surface area contributed by atoms with E-state index in [4.69, 9.17) is 9.52 Å². The lowest BCUT2D eigenvalue weighted by molar-refractivity contribution is 0.146. The molecule has 1 aromatic rings. The zero-order chi connectivity index (χ0) is 6.69. The van der Waals surface area contributed by atoms with Gasteiger partial charge in [-0.3, -0.25) is 0 Å². The van der Waals surface area contributed by atoms with E-state index in [9.17, 15) is 0 Å². The summed E-state index contributed by atoms with van der Waals surface area (Å²) in [6.07, 6.45) is 3.00. The Morgan fingerprint density at radius 3 is 3.11 bits per heavy atom. The van der Waals surface area contributed by atoms with Crippen molar-refractivity contribution in [3.8, 4) is 0 Å². The summed E-state index contributed by atoms with van der Waals surface area (Å²) in [5.74, 6) is 0.539. The Hall–Kier alpha value is -0.830. The molecular weight excluding hydrogens is 118 g/mol. The zero-order valence-electron chi connectivity index (χ0n) is 5.24. The van der Waals surface area contributed by atoms with Gasteiger partial charge in [0.05, 0.1) is 6.20 Å². The van der Waals surface area contributed by atoms with Gasteiger partial charge in [-0.2, -0.15) is 0 Å². The third-order valence-corrected chi connectivity index (χ3v) is 1.17. The topological polar surface area (TPSA) is 46.3 Å². The van der Waals surface area contributed by atoms with Gasteiger partial charge in [0, 0.05) is 0 Å². The first-order chi connectivity index (χ1) is 4.34. The van der Waals surface area contributed by atoms with Crippen LogP contribution >= 0.6 is 0 Å². The fraction of sp³-hybridized carbons (Fsp3) is 0.500. The third kappa shape index (κ3) is 1.29. The van der Waals surface area contributed by atoms with Gasteiger partial charge < -0.3 is 9.52 Å². The largest absolute Gasteiger partial charge is 0.446 e. The smallest absolute Gasteiger partial charge is 0.180 e. The average Bonchev–Trinajstić information content (AvgIpc) is 2.37. The van der Waals surface area contributed by atoms with E-state index < -0.39 is 6.10 Å². The van der Waals surface area contributed by atoms with Crippen LogP contribution < -0.4 is 0 Å². The average molecular weight is 127 g/mol. The van der Waals surface area contributed by atoms with Gasteiger partial charge in [0.15, 0.2) is 12.2 Å². The van der Waals surface area contributed by atoms with Gasteiger partial charge in [-0.15, -0.1) is 0 Å². The highest BCUT2D eigenvalue weighted by atomic mass is 16.4. The minimum atomic E-state index is -0.493. The molecular formula is C6H9NO2. The molecule has 0 spiro atoms. The van der Waals surface area contributed by atoms with Gasteiger partial charge in [-0.25, -0.2) is 4.98 Å². The first-order valence-electron chi connectivity index (χ1n) is 2.91. The fourth-order valence-corrected chi connectivity index (χ4v) is 0.591. The molecule has 1 aromatic heterocycles. The minimum absolute atomic E-state index is 0.493. The van der Waals surface area contributed by atoms with Crippen LogP contribution in [0.15, 0.2) is 17.0 Å². The van der Waals surface area contributed by atoms with Crippen LogP contribution in [0.25, 0.3) is 0 Å². The summed E-state index contributed by atoms with van der Waals surface area (Å²) in [6.45, 7) is 1.88. The molecule has 3 heteroatoms. The minimum Gasteiger partial charge on any atom is -0.446 e. The van der Waals surface area contributed by atoms with Gasteiger partial charge in [-0.1, -0.05) is 6.92 Å². The molecule has 0 fully saturated rings. The Bertz CT molecular complexity index is 160. The van der Waals surface area contributed by atoms with E-state index in [0.717, 1.165) is 0 Å². The maximum Gasteiger partial charge on any atom is 0.180 e. The van der Waals surface area contributed by atoms with E-state index in [1.165, 1.54) is 12.6 Å². The Kier molecular flexibility index (Phi) is 1.85. The zero-order valence-corrected chi connectivity index (χ0v) is 5.24. The van der Waals surface area contributed by atoms with Gasteiger partial charge >= 0.3 is 0 Å². The van der Waals surface area contributed by atoms with Crippen LogP contribution in [-0.4, -0.2) is 10.1 Å². The van der Waals surface area contributed by atoms with E-state index in [2.05, 4.69) is 4.98 Å². The second kappa shape index (κ2) is 2.64. The predicted molar refractivity (Wildman–Crippen MR) is 31.8 cm³/mol. The SMILES string of the molecule is CC[C@@H](O)c1cnco1. The lowest BCUT2D eigenvalue weighted by atomic mass is 10.2. The molecule has 0 aliphatic heterocycles. The van der Waals surface area contributed by atoms with Crippen molar-refractivity contribution in [3.63, 3.8) is 0 Å². The summed E-state index contributed by atoms with van der Waals surface area (Å²) in [7, 11) is 0. The van der Waals surface area contributed by atoms with Crippen LogP contribution in [0.3, 0.4) is 0 Å².